The van der Waals surface area contributed by atoms with Crippen molar-refractivity contribution in [3.63, 3.8) is 0 Å². The fraction of sp³-hybridized carbons (Fsp3) is 0.667. The molecule has 0 saturated carbocycles. The van der Waals surface area contributed by atoms with Crippen LogP contribution in [0.3, 0.4) is 0 Å². The molecule has 2 rings (SSSR count). The Labute approximate surface area is 115 Å². The van der Waals surface area contributed by atoms with Gasteiger partial charge < -0.3 is 14.9 Å². The summed E-state index contributed by atoms with van der Waals surface area (Å²) in [6, 6.07) is 1.26. The van der Waals surface area contributed by atoms with Gasteiger partial charge in [-0.25, -0.2) is 4.68 Å². The van der Waals surface area contributed by atoms with E-state index in [1.807, 2.05) is 19.0 Å². The van der Waals surface area contributed by atoms with Gasteiger partial charge in [-0.15, -0.1) is 0 Å². The number of nitrogens with zero attached hydrogens (tertiary/aromatic N) is 4. The number of hydrogen-bond donors (Lipinski definition) is 1. The molecule has 0 unspecified atom stereocenters. The van der Waals surface area contributed by atoms with E-state index in [0.29, 0.717) is 24.2 Å². The quantitative estimate of drug-likeness (QED) is 0.872. The molecule has 2 heterocycles. The predicted molar refractivity (Wildman–Crippen MR) is 67.5 cm³/mol. The molecule has 1 atom stereocenters. The van der Waals surface area contributed by atoms with Gasteiger partial charge in [0.15, 0.2) is 5.69 Å². The van der Waals surface area contributed by atoms with Gasteiger partial charge >= 0.3 is 6.55 Å². The highest BCUT2D eigenvalue weighted by molar-refractivity contribution is 5.92. The van der Waals surface area contributed by atoms with Crippen LogP contribution in [-0.4, -0.2) is 69.9 Å². The highest BCUT2D eigenvalue weighted by atomic mass is 19.3. The minimum atomic E-state index is -2.76. The van der Waals surface area contributed by atoms with Crippen molar-refractivity contribution < 1.29 is 18.7 Å². The number of carbonyl (C=O) groups is 1. The monoisotopic (exact) mass is 288 g/mol. The molecule has 112 valence electrons. The maximum atomic E-state index is 12.4. The molecule has 1 aliphatic heterocycles. The van der Waals surface area contributed by atoms with Gasteiger partial charge in [0.2, 0.25) is 0 Å². The molecule has 0 radical (unpaired) electrons. The number of β-amino-alcohol motifs (C(OH)–C–C–N with tert-alkyl or cyclic N) is 1. The van der Waals surface area contributed by atoms with Crippen LogP contribution in [-0.2, 0) is 0 Å². The number of aliphatic hydroxyl groups is 1. The maximum absolute atomic E-state index is 12.4. The van der Waals surface area contributed by atoms with Crippen LogP contribution in [0, 0.1) is 0 Å². The fourth-order valence-corrected chi connectivity index (χ4v) is 2.47. The Balaban J connectivity index is 2.03. The van der Waals surface area contributed by atoms with Crippen molar-refractivity contribution in [3.05, 3.63) is 18.0 Å². The molecule has 1 aliphatic rings. The lowest BCUT2D eigenvalue weighted by Crippen LogP contribution is -2.43. The van der Waals surface area contributed by atoms with Crippen LogP contribution < -0.4 is 0 Å². The van der Waals surface area contributed by atoms with E-state index in [1.54, 1.807) is 0 Å². The zero-order chi connectivity index (χ0) is 14.9. The summed E-state index contributed by atoms with van der Waals surface area (Å²) in [5.74, 6) is -0.431. The van der Waals surface area contributed by atoms with Crippen molar-refractivity contribution in [1.29, 1.82) is 0 Å². The van der Waals surface area contributed by atoms with Crippen molar-refractivity contribution in [1.82, 2.24) is 19.6 Å². The van der Waals surface area contributed by atoms with Gasteiger partial charge in [-0.3, -0.25) is 4.79 Å². The lowest BCUT2D eigenvalue weighted by atomic mass is 10.0. The molecule has 6 nitrogen and oxygen atoms in total. The first-order valence-electron chi connectivity index (χ1n) is 6.30. The third kappa shape index (κ3) is 3.13. The number of halogens is 2. The number of rotatable bonds is 4. The Morgan fingerprint density at radius 3 is 2.85 bits per heavy atom. The van der Waals surface area contributed by atoms with Crippen molar-refractivity contribution in [2.24, 2.45) is 0 Å². The van der Waals surface area contributed by atoms with Gasteiger partial charge in [0, 0.05) is 19.3 Å². The molecule has 1 amide bonds. The van der Waals surface area contributed by atoms with E-state index in [4.69, 9.17) is 0 Å². The SMILES string of the molecule is CN(C)C[C@@]1(O)CCN(C(=O)c2ccn(C(F)F)n2)C1. The van der Waals surface area contributed by atoms with Gasteiger partial charge in [0.25, 0.3) is 5.91 Å². The van der Waals surface area contributed by atoms with Crippen molar-refractivity contribution in [3.8, 4) is 0 Å². The van der Waals surface area contributed by atoms with Gasteiger partial charge in [-0.05, 0) is 26.6 Å². The maximum Gasteiger partial charge on any atom is 0.333 e. The lowest BCUT2D eigenvalue weighted by molar-refractivity contribution is 0.0233. The number of hydrogen-bond acceptors (Lipinski definition) is 4. The van der Waals surface area contributed by atoms with Gasteiger partial charge in [0.05, 0.1) is 12.1 Å². The first-order chi connectivity index (χ1) is 9.31. The minimum Gasteiger partial charge on any atom is -0.387 e. The molecule has 1 aromatic heterocycles. The van der Waals surface area contributed by atoms with E-state index in [9.17, 15) is 18.7 Å². The molecule has 8 heteroatoms. The summed E-state index contributed by atoms with van der Waals surface area (Å²) < 4.78 is 25.3. The number of likely N-dealkylation sites (N-methyl/N-ethyl adjacent to an activating group) is 1. The largest absolute Gasteiger partial charge is 0.387 e. The van der Waals surface area contributed by atoms with Crippen molar-refractivity contribution in [2.75, 3.05) is 33.7 Å². The third-order valence-electron chi connectivity index (χ3n) is 3.26. The number of amides is 1. The second kappa shape index (κ2) is 5.45. The summed E-state index contributed by atoms with van der Waals surface area (Å²) >= 11 is 0. The molecule has 0 aromatic carbocycles. The van der Waals surface area contributed by atoms with Crippen LogP contribution >= 0.6 is 0 Å². The number of aromatic nitrogens is 2. The lowest BCUT2D eigenvalue weighted by Gasteiger charge is -2.26. The molecule has 1 N–H and O–H groups in total. The van der Waals surface area contributed by atoms with E-state index in [2.05, 4.69) is 5.10 Å². The summed E-state index contributed by atoms with van der Waals surface area (Å²) in [5.41, 5.74) is -0.982. The van der Waals surface area contributed by atoms with Crippen LogP contribution in [0.15, 0.2) is 12.3 Å². The zero-order valence-electron chi connectivity index (χ0n) is 11.5. The van der Waals surface area contributed by atoms with Gasteiger partial charge in [0.1, 0.15) is 0 Å². The van der Waals surface area contributed by atoms with Crippen molar-refractivity contribution >= 4 is 5.91 Å². The van der Waals surface area contributed by atoms with E-state index in [1.165, 1.54) is 11.0 Å². The van der Waals surface area contributed by atoms with Crippen LogP contribution in [0.2, 0.25) is 0 Å². The second-order valence-corrected chi connectivity index (χ2v) is 5.40. The Hall–Kier alpha value is -1.54. The second-order valence-electron chi connectivity index (χ2n) is 5.40. The van der Waals surface area contributed by atoms with Gasteiger partial charge in [-0.2, -0.15) is 13.9 Å². The Bertz CT molecular complexity index is 492. The number of likely N-dealkylation sites (tertiary alicyclic amines) is 1. The van der Waals surface area contributed by atoms with E-state index in [0.717, 1.165) is 6.20 Å². The number of carbonyl (C=O) groups excluding carboxylic acids is 1. The molecular weight excluding hydrogens is 270 g/mol. The Morgan fingerprint density at radius 1 is 1.60 bits per heavy atom. The minimum absolute atomic E-state index is 0.0283. The standard InChI is InChI=1S/C12H18F2N4O2/c1-16(2)7-12(20)4-6-17(8-12)10(19)9-3-5-18(15-9)11(13)14/h3,5,11,20H,4,6-8H2,1-2H3/t12-/m0/s1. The summed E-state index contributed by atoms with van der Waals surface area (Å²) in [5, 5.41) is 13.9. The summed E-state index contributed by atoms with van der Waals surface area (Å²) in [6.07, 6.45) is 1.53. The average Bonchev–Trinajstić information content (AvgIpc) is 2.94. The first-order valence-corrected chi connectivity index (χ1v) is 6.30. The van der Waals surface area contributed by atoms with Crippen LogP contribution in [0.4, 0.5) is 8.78 Å². The fourth-order valence-electron chi connectivity index (χ4n) is 2.47. The molecular formula is C12H18F2N4O2. The smallest absolute Gasteiger partial charge is 0.333 e. The van der Waals surface area contributed by atoms with Crippen molar-refractivity contribution in [2.45, 2.75) is 18.6 Å². The van der Waals surface area contributed by atoms with Crippen LogP contribution in [0.1, 0.15) is 23.5 Å². The predicted octanol–water partition coefficient (Wildman–Crippen LogP) is 0.417. The van der Waals surface area contributed by atoms with E-state index >= 15 is 0 Å². The Morgan fingerprint density at radius 2 is 2.30 bits per heavy atom. The molecule has 20 heavy (non-hydrogen) atoms. The molecule has 0 aliphatic carbocycles. The van der Waals surface area contributed by atoms with Gasteiger partial charge in [-0.1, -0.05) is 0 Å². The third-order valence-corrected chi connectivity index (χ3v) is 3.26. The molecule has 1 aromatic rings. The highest BCUT2D eigenvalue weighted by Crippen LogP contribution is 2.23. The normalized spacial score (nSPS) is 23.1. The highest BCUT2D eigenvalue weighted by Gasteiger charge is 2.39. The molecule has 0 spiro atoms. The topological polar surface area (TPSA) is 61.6 Å². The van der Waals surface area contributed by atoms with E-state index < -0.39 is 18.1 Å². The summed E-state index contributed by atoms with van der Waals surface area (Å²) in [4.78, 5) is 15.4. The zero-order valence-corrected chi connectivity index (χ0v) is 11.5. The molecule has 0 bridgehead atoms. The van der Waals surface area contributed by atoms with Crippen LogP contribution in [0.25, 0.3) is 0 Å². The summed E-state index contributed by atoms with van der Waals surface area (Å²) in [6.45, 7) is -1.74. The van der Waals surface area contributed by atoms with Crippen LogP contribution in [0.5, 0.6) is 0 Å². The first kappa shape index (κ1) is 14.9. The number of alkyl halides is 2. The Kier molecular flexibility index (Phi) is 4.05. The average molecular weight is 288 g/mol. The molecule has 1 fully saturated rings. The summed E-state index contributed by atoms with van der Waals surface area (Å²) in [7, 11) is 3.68. The van der Waals surface area contributed by atoms with E-state index in [-0.39, 0.29) is 12.2 Å². The molecule has 1 saturated heterocycles.